The molecule has 1 aliphatic rings. The van der Waals surface area contributed by atoms with Gasteiger partial charge in [-0.1, -0.05) is 50.9 Å². The van der Waals surface area contributed by atoms with Crippen molar-refractivity contribution in [1.29, 1.82) is 0 Å². The highest BCUT2D eigenvalue weighted by Crippen LogP contribution is 2.48. The van der Waals surface area contributed by atoms with Gasteiger partial charge in [0, 0.05) is 11.8 Å². The zero-order chi connectivity index (χ0) is 16.2. The maximum atomic E-state index is 5.85. The number of ether oxygens (including phenoxy) is 1. The summed E-state index contributed by atoms with van der Waals surface area (Å²) in [5.41, 5.74) is 0.497. The van der Waals surface area contributed by atoms with Crippen molar-refractivity contribution >= 4 is 29.3 Å². The molecule has 0 heterocycles. The summed E-state index contributed by atoms with van der Waals surface area (Å²) < 4.78 is 5.65. The summed E-state index contributed by atoms with van der Waals surface area (Å²) in [6, 6.07) is 9.64. The first-order valence-electron chi connectivity index (χ1n) is 7.68. The van der Waals surface area contributed by atoms with Crippen molar-refractivity contribution in [3.05, 3.63) is 30.3 Å². The first-order valence-corrected chi connectivity index (χ1v) is 9.03. The Morgan fingerprint density at radius 2 is 2.00 bits per heavy atom. The zero-order valence-electron chi connectivity index (χ0n) is 13.6. The minimum absolute atomic E-state index is 0.183. The predicted molar refractivity (Wildman–Crippen MR) is 99.0 cm³/mol. The van der Waals surface area contributed by atoms with Crippen LogP contribution in [0.1, 0.15) is 40.0 Å². The Hall–Kier alpha value is -0.780. The van der Waals surface area contributed by atoms with Gasteiger partial charge in [-0.3, -0.25) is 5.14 Å². The van der Waals surface area contributed by atoms with Crippen molar-refractivity contribution < 1.29 is 4.74 Å². The van der Waals surface area contributed by atoms with E-state index in [1.165, 1.54) is 18.4 Å². The molecule has 3 N–H and O–H groups in total. The fourth-order valence-corrected chi connectivity index (χ4v) is 4.90. The Bertz CT molecular complexity index is 507. The number of hydrogen-bond donors (Lipinski definition) is 2. The van der Waals surface area contributed by atoms with Gasteiger partial charge < -0.3 is 10.1 Å². The topological polar surface area (TPSA) is 47.3 Å². The van der Waals surface area contributed by atoms with Crippen LogP contribution in [0.15, 0.2) is 30.3 Å². The summed E-state index contributed by atoms with van der Waals surface area (Å²) in [5.74, 6) is 0.768. The Balaban J connectivity index is 1.90. The van der Waals surface area contributed by atoms with E-state index in [0.717, 1.165) is 25.1 Å². The molecule has 5 heteroatoms. The first-order chi connectivity index (χ1) is 10.3. The predicted octanol–water partition coefficient (Wildman–Crippen LogP) is 4.13. The Kier molecular flexibility index (Phi) is 5.75. The molecule has 2 rings (SSSR count). The van der Waals surface area contributed by atoms with Gasteiger partial charge in [0.15, 0.2) is 0 Å². The largest absolute Gasteiger partial charge is 0.432 e. The molecule has 1 fully saturated rings. The smallest absolute Gasteiger partial charge is 0.262 e. The van der Waals surface area contributed by atoms with E-state index in [-0.39, 0.29) is 5.41 Å². The maximum absolute atomic E-state index is 5.85. The van der Waals surface area contributed by atoms with Crippen LogP contribution in [0.4, 0.5) is 0 Å². The SMILES string of the molecule is CC1(C)CC(SN)CC(C)(CNC(=S)Oc2ccccc2)C1. The van der Waals surface area contributed by atoms with E-state index >= 15 is 0 Å². The molecule has 1 aliphatic carbocycles. The van der Waals surface area contributed by atoms with E-state index < -0.39 is 0 Å². The highest BCUT2D eigenvalue weighted by molar-refractivity contribution is 7.97. The third-order valence-electron chi connectivity index (χ3n) is 4.21. The van der Waals surface area contributed by atoms with E-state index in [9.17, 15) is 0 Å². The molecule has 0 bridgehead atoms. The molecule has 1 aromatic rings. The van der Waals surface area contributed by atoms with Crippen LogP contribution in [0, 0.1) is 10.8 Å². The van der Waals surface area contributed by atoms with Gasteiger partial charge in [-0.05, 0) is 54.4 Å². The van der Waals surface area contributed by atoms with Crippen molar-refractivity contribution in [3.63, 3.8) is 0 Å². The van der Waals surface area contributed by atoms with Gasteiger partial charge in [0.1, 0.15) is 5.75 Å². The lowest BCUT2D eigenvalue weighted by Crippen LogP contribution is -2.45. The van der Waals surface area contributed by atoms with E-state index in [1.54, 1.807) is 0 Å². The van der Waals surface area contributed by atoms with Gasteiger partial charge in [0.05, 0.1) is 0 Å². The first kappa shape index (κ1) is 17.6. The Labute approximate surface area is 143 Å². The summed E-state index contributed by atoms with van der Waals surface area (Å²) in [5, 5.41) is 10.1. The minimum atomic E-state index is 0.183. The Morgan fingerprint density at radius 1 is 1.32 bits per heavy atom. The number of rotatable bonds is 4. The third kappa shape index (κ3) is 5.14. The van der Waals surface area contributed by atoms with Crippen molar-refractivity contribution in [2.45, 2.75) is 45.3 Å². The molecule has 122 valence electrons. The molecule has 22 heavy (non-hydrogen) atoms. The molecule has 1 aromatic carbocycles. The molecule has 2 atom stereocenters. The van der Waals surface area contributed by atoms with Crippen molar-refractivity contribution in [1.82, 2.24) is 5.32 Å². The second-order valence-electron chi connectivity index (χ2n) is 7.37. The number of para-hydroxylation sites is 1. The van der Waals surface area contributed by atoms with Gasteiger partial charge >= 0.3 is 0 Å². The van der Waals surface area contributed by atoms with Crippen LogP contribution in [-0.2, 0) is 0 Å². The number of nitrogens with two attached hydrogens (primary N) is 1. The summed E-state index contributed by atoms with van der Waals surface area (Å²) in [4.78, 5) is 0. The summed E-state index contributed by atoms with van der Waals surface area (Å²) in [6.45, 7) is 7.78. The van der Waals surface area contributed by atoms with Gasteiger partial charge in [0.25, 0.3) is 5.17 Å². The van der Waals surface area contributed by atoms with E-state index in [4.69, 9.17) is 22.1 Å². The van der Waals surface area contributed by atoms with Crippen LogP contribution >= 0.6 is 24.2 Å². The molecular weight excluding hydrogens is 312 g/mol. The molecular formula is C17H26N2OS2. The third-order valence-corrected chi connectivity index (χ3v) is 5.16. The van der Waals surface area contributed by atoms with E-state index in [1.807, 2.05) is 30.3 Å². The van der Waals surface area contributed by atoms with Gasteiger partial charge in [-0.2, -0.15) is 0 Å². The van der Waals surface area contributed by atoms with Crippen LogP contribution in [-0.4, -0.2) is 17.0 Å². The standard InChI is InChI=1S/C17H26N2OS2/c1-16(2)9-14(22-18)10-17(3,11-16)12-19-15(21)20-13-7-5-4-6-8-13/h4-8,14H,9-12,18H2,1-3H3,(H,19,21). The average molecular weight is 339 g/mol. The lowest BCUT2D eigenvalue weighted by molar-refractivity contribution is 0.107. The molecule has 0 saturated heterocycles. The molecule has 0 aliphatic heterocycles. The Morgan fingerprint density at radius 3 is 2.64 bits per heavy atom. The second-order valence-corrected chi connectivity index (χ2v) is 8.68. The van der Waals surface area contributed by atoms with Crippen molar-refractivity contribution in [2.24, 2.45) is 16.0 Å². The summed E-state index contributed by atoms with van der Waals surface area (Å²) >= 11 is 6.80. The molecule has 3 nitrogen and oxygen atoms in total. The summed E-state index contributed by atoms with van der Waals surface area (Å²) in [7, 11) is 0. The van der Waals surface area contributed by atoms with Crippen LogP contribution in [0.25, 0.3) is 0 Å². The van der Waals surface area contributed by atoms with E-state index in [0.29, 0.717) is 15.8 Å². The van der Waals surface area contributed by atoms with Crippen LogP contribution in [0.2, 0.25) is 0 Å². The molecule has 0 aromatic heterocycles. The normalized spacial score (nSPS) is 27.2. The number of thiocarbonyl (C=S) groups is 1. The molecule has 0 spiro atoms. The van der Waals surface area contributed by atoms with Crippen LogP contribution in [0.3, 0.4) is 0 Å². The highest BCUT2D eigenvalue weighted by atomic mass is 32.2. The van der Waals surface area contributed by atoms with Gasteiger partial charge in [-0.25, -0.2) is 0 Å². The second kappa shape index (κ2) is 7.20. The molecule has 0 radical (unpaired) electrons. The van der Waals surface area contributed by atoms with Crippen LogP contribution < -0.4 is 15.2 Å². The molecule has 1 saturated carbocycles. The quantitative estimate of drug-likeness (QED) is 0.638. The minimum Gasteiger partial charge on any atom is -0.432 e. The van der Waals surface area contributed by atoms with Crippen LogP contribution in [0.5, 0.6) is 5.75 Å². The fraction of sp³-hybridized carbons (Fsp3) is 0.588. The number of hydrogen-bond acceptors (Lipinski definition) is 4. The average Bonchev–Trinajstić information content (AvgIpc) is 2.44. The highest BCUT2D eigenvalue weighted by Gasteiger charge is 2.41. The maximum Gasteiger partial charge on any atom is 0.262 e. The number of benzene rings is 1. The lowest BCUT2D eigenvalue weighted by atomic mass is 9.64. The van der Waals surface area contributed by atoms with Gasteiger partial charge in [0.2, 0.25) is 0 Å². The fourth-order valence-electron chi connectivity index (χ4n) is 3.69. The monoisotopic (exact) mass is 338 g/mol. The number of nitrogens with one attached hydrogen (secondary N) is 1. The lowest BCUT2D eigenvalue weighted by Gasteiger charge is -2.46. The van der Waals surface area contributed by atoms with E-state index in [2.05, 4.69) is 26.1 Å². The zero-order valence-corrected chi connectivity index (χ0v) is 15.2. The summed E-state index contributed by atoms with van der Waals surface area (Å²) in [6.07, 6.45) is 3.45. The van der Waals surface area contributed by atoms with Gasteiger partial charge in [-0.15, -0.1) is 0 Å². The molecule has 0 amide bonds. The molecule has 2 unspecified atom stereocenters. The van der Waals surface area contributed by atoms with Crippen molar-refractivity contribution in [2.75, 3.05) is 6.54 Å². The van der Waals surface area contributed by atoms with Crippen molar-refractivity contribution in [3.8, 4) is 5.75 Å².